The van der Waals surface area contributed by atoms with Crippen molar-refractivity contribution in [2.24, 2.45) is 0 Å². The normalized spacial score (nSPS) is 12.8. The molecule has 0 aliphatic rings. The van der Waals surface area contributed by atoms with E-state index in [0.717, 1.165) is 16.6 Å². The largest absolute Gasteiger partial charge is 0.341 e. The molecule has 4 heteroatoms. The Kier molecular flexibility index (Phi) is 3.96. The summed E-state index contributed by atoms with van der Waals surface area (Å²) in [4.78, 5) is 0. The molecule has 3 nitrogen and oxygen atoms in total. The minimum Gasteiger partial charge on any atom is -0.341 e. The van der Waals surface area contributed by atoms with Crippen LogP contribution in [0.5, 0.6) is 0 Å². The second-order valence-corrected chi connectivity index (χ2v) is 8.57. The maximum absolute atomic E-state index is 12.2. The standard InChI is InChI=1S/C16H23NO2S/c1-11(2)17-15(10-20(18,19)12(3)4)9-14-7-6-13(5)8-16(14)17/h6-9,11-12H,10H2,1-5H3. The van der Waals surface area contributed by atoms with Crippen LogP contribution in [0.1, 0.15) is 45.0 Å². The van der Waals surface area contributed by atoms with Crippen molar-refractivity contribution in [2.45, 2.75) is 51.7 Å². The van der Waals surface area contributed by atoms with Gasteiger partial charge in [-0.2, -0.15) is 0 Å². The quantitative estimate of drug-likeness (QED) is 0.858. The summed E-state index contributed by atoms with van der Waals surface area (Å²) in [5.74, 6) is 0.108. The Morgan fingerprint density at radius 1 is 1.10 bits per heavy atom. The molecule has 0 aliphatic heterocycles. The summed E-state index contributed by atoms with van der Waals surface area (Å²) in [5.41, 5.74) is 3.19. The van der Waals surface area contributed by atoms with E-state index < -0.39 is 9.84 Å². The van der Waals surface area contributed by atoms with Gasteiger partial charge in [0.25, 0.3) is 0 Å². The number of fused-ring (bicyclic) bond motifs is 1. The molecular formula is C16H23NO2S. The zero-order valence-electron chi connectivity index (χ0n) is 12.8. The van der Waals surface area contributed by atoms with Gasteiger partial charge in [-0.1, -0.05) is 12.1 Å². The Hall–Kier alpha value is -1.29. The van der Waals surface area contributed by atoms with Crippen LogP contribution in [0, 0.1) is 6.92 Å². The number of hydrogen-bond acceptors (Lipinski definition) is 2. The highest BCUT2D eigenvalue weighted by atomic mass is 32.2. The average Bonchev–Trinajstić information content (AvgIpc) is 2.64. The summed E-state index contributed by atoms with van der Waals surface area (Å²) in [7, 11) is -3.09. The summed E-state index contributed by atoms with van der Waals surface area (Å²) in [6, 6.07) is 8.50. The lowest BCUT2D eigenvalue weighted by Gasteiger charge is -2.16. The molecule has 0 bridgehead atoms. The fourth-order valence-corrected chi connectivity index (χ4v) is 3.45. The highest BCUT2D eigenvalue weighted by Gasteiger charge is 2.21. The van der Waals surface area contributed by atoms with Gasteiger partial charge in [0.1, 0.15) is 0 Å². The molecular weight excluding hydrogens is 270 g/mol. The first-order valence-corrected chi connectivity index (χ1v) is 8.76. The molecule has 2 aromatic rings. The van der Waals surface area contributed by atoms with E-state index >= 15 is 0 Å². The summed E-state index contributed by atoms with van der Waals surface area (Å²) in [6.45, 7) is 9.71. The Balaban J connectivity index is 2.62. The minimum absolute atomic E-state index is 0.108. The molecule has 0 amide bonds. The monoisotopic (exact) mass is 293 g/mol. The first kappa shape index (κ1) is 15.1. The second kappa shape index (κ2) is 5.24. The maximum atomic E-state index is 12.2. The van der Waals surface area contributed by atoms with Crippen LogP contribution in [0.25, 0.3) is 10.9 Å². The van der Waals surface area contributed by atoms with Crippen LogP contribution < -0.4 is 0 Å². The minimum atomic E-state index is -3.09. The molecule has 0 aliphatic carbocycles. The van der Waals surface area contributed by atoms with Crippen molar-refractivity contribution in [1.82, 2.24) is 4.57 Å². The maximum Gasteiger partial charge on any atom is 0.158 e. The average molecular weight is 293 g/mol. The van der Waals surface area contributed by atoms with Crippen LogP contribution in [0.4, 0.5) is 0 Å². The molecule has 0 atom stereocenters. The Bertz CT molecular complexity index is 724. The smallest absolute Gasteiger partial charge is 0.158 e. The molecule has 0 radical (unpaired) electrons. The number of nitrogens with zero attached hydrogens (tertiary/aromatic N) is 1. The third-order valence-corrected chi connectivity index (χ3v) is 5.80. The fourth-order valence-electron chi connectivity index (χ4n) is 2.48. The number of aryl methyl sites for hydroxylation is 1. The third kappa shape index (κ3) is 2.75. The first-order chi connectivity index (χ1) is 9.22. The van der Waals surface area contributed by atoms with Gasteiger partial charge in [-0.15, -0.1) is 0 Å². The van der Waals surface area contributed by atoms with Gasteiger partial charge in [0, 0.05) is 17.3 Å². The van der Waals surface area contributed by atoms with Gasteiger partial charge in [0.15, 0.2) is 9.84 Å². The van der Waals surface area contributed by atoms with Gasteiger partial charge in [-0.3, -0.25) is 0 Å². The predicted octanol–water partition coefficient (Wildman–Crippen LogP) is 3.85. The SMILES string of the molecule is Cc1ccc2cc(CS(=O)(=O)C(C)C)n(C(C)C)c2c1. The van der Waals surface area contributed by atoms with Crippen LogP contribution in [-0.4, -0.2) is 18.2 Å². The summed E-state index contributed by atoms with van der Waals surface area (Å²) >= 11 is 0. The third-order valence-electron chi connectivity index (χ3n) is 3.66. The molecule has 0 saturated carbocycles. The summed E-state index contributed by atoms with van der Waals surface area (Å²) in [5, 5.41) is 0.765. The van der Waals surface area contributed by atoms with Gasteiger partial charge in [-0.25, -0.2) is 8.42 Å². The van der Waals surface area contributed by atoms with E-state index in [4.69, 9.17) is 0 Å². The molecule has 1 aromatic heterocycles. The molecule has 0 saturated heterocycles. The topological polar surface area (TPSA) is 39.1 Å². The van der Waals surface area contributed by atoms with Crippen molar-refractivity contribution in [3.05, 3.63) is 35.5 Å². The van der Waals surface area contributed by atoms with Crippen molar-refractivity contribution >= 4 is 20.7 Å². The van der Waals surface area contributed by atoms with Gasteiger partial charge in [0.2, 0.25) is 0 Å². The number of aromatic nitrogens is 1. The van der Waals surface area contributed by atoms with E-state index in [1.807, 2.05) is 6.07 Å². The van der Waals surface area contributed by atoms with Crippen LogP contribution in [0.15, 0.2) is 24.3 Å². The van der Waals surface area contributed by atoms with Crippen LogP contribution >= 0.6 is 0 Å². The van der Waals surface area contributed by atoms with Crippen LogP contribution in [-0.2, 0) is 15.6 Å². The lowest BCUT2D eigenvalue weighted by atomic mass is 10.2. The fraction of sp³-hybridized carbons (Fsp3) is 0.500. The zero-order valence-corrected chi connectivity index (χ0v) is 13.7. The van der Waals surface area contributed by atoms with Gasteiger partial charge in [-0.05, 0) is 57.7 Å². The molecule has 110 valence electrons. The molecule has 0 N–H and O–H groups in total. The highest BCUT2D eigenvalue weighted by Crippen LogP contribution is 2.27. The van der Waals surface area contributed by atoms with E-state index in [-0.39, 0.29) is 17.0 Å². The number of hydrogen-bond donors (Lipinski definition) is 0. The Morgan fingerprint density at radius 2 is 1.75 bits per heavy atom. The van der Waals surface area contributed by atoms with E-state index in [2.05, 4.69) is 43.5 Å². The lowest BCUT2D eigenvalue weighted by molar-refractivity contribution is 0.574. The molecule has 1 heterocycles. The van der Waals surface area contributed by atoms with Gasteiger partial charge >= 0.3 is 0 Å². The van der Waals surface area contributed by atoms with E-state index in [1.54, 1.807) is 13.8 Å². The van der Waals surface area contributed by atoms with Crippen molar-refractivity contribution in [2.75, 3.05) is 0 Å². The van der Waals surface area contributed by atoms with E-state index in [0.29, 0.717) is 0 Å². The number of rotatable bonds is 4. The van der Waals surface area contributed by atoms with Crippen molar-refractivity contribution in [3.63, 3.8) is 0 Å². The van der Waals surface area contributed by atoms with E-state index in [9.17, 15) is 8.42 Å². The van der Waals surface area contributed by atoms with Crippen molar-refractivity contribution < 1.29 is 8.42 Å². The highest BCUT2D eigenvalue weighted by molar-refractivity contribution is 7.91. The second-order valence-electron chi connectivity index (χ2n) is 6.02. The zero-order chi connectivity index (χ0) is 15.1. The van der Waals surface area contributed by atoms with Gasteiger partial charge < -0.3 is 4.57 Å². The summed E-state index contributed by atoms with van der Waals surface area (Å²) < 4.78 is 26.6. The van der Waals surface area contributed by atoms with Crippen molar-refractivity contribution in [1.29, 1.82) is 0 Å². The molecule has 0 fully saturated rings. The molecule has 0 spiro atoms. The Labute approximate surface area is 121 Å². The molecule has 1 aromatic carbocycles. The predicted molar refractivity (Wildman–Crippen MR) is 84.8 cm³/mol. The summed E-state index contributed by atoms with van der Waals surface area (Å²) in [6.07, 6.45) is 0. The van der Waals surface area contributed by atoms with E-state index in [1.165, 1.54) is 5.56 Å². The van der Waals surface area contributed by atoms with Crippen LogP contribution in [0.3, 0.4) is 0 Å². The number of benzene rings is 1. The lowest BCUT2D eigenvalue weighted by Crippen LogP contribution is -2.18. The molecule has 0 unspecified atom stereocenters. The van der Waals surface area contributed by atoms with Crippen molar-refractivity contribution in [3.8, 4) is 0 Å². The molecule has 20 heavy (non-hydrogen) atoms. The van der Waals surface area contributed by atoms with Gasteiger partial charge in [0.05, 0.1) is 11.0 Å². The van der Waals surface area contributed by atoms with Crippen LogP contribution in [0.2, 0.25) is 0 Å². The number of sulfone groups is 1. The molecule has 2 rings (SSSR count). The first-order valence-electron chi connectivity index (χ1n) is 7.04. The Morgan fingerprint density at radius 3 is 2.30 bits per heavy atom.